The summed E-state index contributed by atoms with van der Waals surface area (Å²) in [5, 5.41) is 3.33. The molecule has 0 aromatic heterocycles. The summed E-state index contributed by atoms with van der Waals surface area (Å²) in [5.41, 5.74) is -0.0537. The highest BCUT2D eigenvalue weighted by atomic mass is 127. The Bertz CT molecular complexity index is 587. The number of nitrogens with zero attached hydrogens (tertiary/aromatic N) is 3. The highest BCUT2D eigenvalue weighted by Gasteiger charge is 2.41. The number of sulfone groups is 1. The maximum Gasteiger partial charge on any atom is 0.194 e. The van der Waals surface area contributed by atoms with Crippen molar-refractivity contribution in [2.45, 2.75) is 44.9 Å². The van der Waals surface area contributed by atoms with Gasteiger partial charge in [0.05, 0.1) is 30.3 Å². The molecule has 26 heavy (non-hydrogen) atoms. The fourth-order valence-electron chi connectivity index (χ4n) is 3.29. The van der Waals surface area contributed by atoms with E-state index in [2.05, 4.69) is 29.0 Å². The third kappa shape index (κ3) is 5.68. The molecule has 0 aliphatic carbocycles. The molecule has 0 aromatic rings. The second-order valence-electron chi connectivity index (χ2n) is 8.08. The van der Waals surface area contributed by atoms with E-state index in [1.54, 1.807) is 13.8 Å². The fourth-order valence-corrected chi connectivity index (χ4v) is 4.65. The van der Waals surface area contributed by atoms with Gasteiger partial charge in [0.2, 0.25) is 0 Å². The number of halogens is 1. The Morgan fingerprint density at radius 2 is 1.85 bits per heavy atom. The van der Waals surface area contributed by atoms with Crippen molar-refractivity contribution < 1.29 is 13.2 Å². The van der Waals surface area contributed by atoms with E-state index in [9.17, 15) is 8.42 Å². The Labute approximate surface area is 175 Å². The van der Waals surface area contributed by atoms with E-state index >= 15 is 0 Å². The lowest BCUT2D eigenvalue weighted by molar-refractivity contribution is -0.00689. The molecule has 9 heteroatoms. The van der Waals surface area contributed by atoms with Crippen LogP contribution in [0.3, 0.4) is 0 Å². The Kier molecular flexibility index (Phi) is 8.62. The van der Waals surface area contributed by atoms with Crippen LogP contribution < -0.4 is 5.32 Å². The average molecular weight is 502 g/mol. The summed E-state index contributed by atoms with van der Waals surface area (Å²) < 4.78 is 29.2. The second kappa shape index (κ2) is 9.38. The van der Waals surface area contributed by atoms with Crippen molar-refractivity contribution >= 4 is 39.8 Å². The summed E-state index contributed by atoms with van der Waals surface area (Å²) in [6.07, 6.45) is 0. The van der Waals surface area contributed by atoms with Crippen molar-refractivity contribution in [2.75, 3.05) is 58.2 Å². The van der Waals surface area contributed by atoms with Gasteiger partial charge in [-0.1, -0.05) is 0 Å². The van der Waals surface area contributed by atoms with E-state index in [0.717, 1.165) is 38.8 Å². The Morgan fingerprint density at radius 3 is 2.38 bits per heavy atom. The molecule has 2 heterocycles. The Morgan fingerprint density at radius 1 is 1.23 bits per heavy atom. The van der Waals surface area contributed by atoms with Gasteiger partial charge in [-0.05, 0) is 34.6 Å². The first-order valence-electron chi connectivity index (χ1n) is 9.17. The lowest BCUT2D eigenvalue weighted by Gasteiger charge is -2.41. The Balaban J connectivity index is 0.00000338. The normalized spacial score (nSPS) is 24.0. The number of hydrogen-bond acceptors (Lipinski definition) is 5. The van der Waals surface area contributed by atoms with Gasteiger partial charge in [-0.2, -0.15) is 0 Å². The van der Waals surface area contributed by atoms with Gasteiger partial charge in [-0.25, -0.2) is 8.42 Å². The molecule has 0 spiro atoms. The van der Waals surface area contributed by atoms with Crippen molar-refractivity contribution in [3.05, 3.63) is 0 Å². The zero-order chi connectivity index (χ0) is 18.7. The van der Waals surface area contributed by atoms with Gasteiger partial charge in [0.25, 0.3) is 0 Å². The molecule has 0 amide bonds. The monoisotopic (exact) mass is 502 g/mol. The predicted octanol–water partition coefficient (Wildman–Crippen LogP) is 1.19. The van der Waals surface area contributed by atoms with E-state index in [0.29, 0.717) is 19.6 Å². The smallest absolute Gasteiger partial charge is 0.194 e. The lowest BCUT2D eigenvalue weighted by Crippen LogP contribution is -2.58. The van der Waals surface area contributed by atoms with Crippen LogP contribution in [0.5, 0.6) is 0 Å². The van der Waals surface area contributed by atoms with E-state index < -0.39 is 14.6 Å². The summed E-state index contributed by atoms with van der Waals surface area (Å²) >= 11 is 0. The molecular weight excluding hydrogens is 467 g/mol. The van der Waals surface area contributed by atoms with Crippen molar-refractivity contribution in [3.8, 4) is 0 Å². The minimum absolute atomic E-state index is 0. The number of hydrogen-bond donors (Lipinski definition) is 1. The highest BCUT2D eigenvalue weighted by molar-refractivity contribution is 14.0. The van der Waals surface area contributed by atoms with E-state index in [4.69, 9.17) is 9.73 Å². The van der Waals surface area contributed by atoms with E-state index in [1.807, 2.05) is 6.92 Å². The molecule has 0 unspecified atom stereocenters. The number of aliphatic imine (C=N–C) groups is 1. The third-order valence-corrected chi connectivity index (χ3v) is 7.69. The number of morpholine rings is 1. The van der Waals surface area contributed by atoms with Gasteiger partial charge in [-0.3, -0.25) is 9.89 Å². The van der Waals surface area contributed by atoms with E-state index in [1.165, 1.54) is 0 Å². The topological polar surface area (TPSA) is 74.2 Å². The van der Waals surface area contributed by atoms with Gasteiger partial charge in [0, 0.05) is 38.3 Å². The predicted molar refractivity (Wildman–Crippen MR) is 117 cm³/mol. The average Bonchev–Trinajstić information content (AvgIpc) is 2.55. The van der Waals surface area contributed by atoms with Gasteiger partial charge in [-0.15, -0.1) is 24.0 Å². The third-order valence-electron chi connectivity index (χ3n) is 5.16. The van der Waals surface area contributed by atoms with Crippen LogP contribution in [-0.4, -0.2) is 92.7 Å². The van der Waals surface area contributed by atoms with Crippen molar-refractivity contribution in [1.82, 2.24) is 15.1 Å². The van der Waals surface area contributed by atoms with Gasteiger partial charge < -0.3 is 15.0 Å². The van der Waals surface area contributed by atoms with Crippen molar-refractivity contribution in [3.63, 3.8) is 0 Å². The molecule has 1 N–H and O–H groups in total. The molecule has 7 nitrogen and oxygen atoms in total. The zero-order valence-electron chi connectivity index (χ0n) is 16.7. The van der Waals surface area contributed by atoms with E-state index in [-0.39, 0.29) is 35.3 Å². The van der Waals surface area contributed by atoms with Crippen molar-refractivity contribution in [1.29, 1.82) is 0 Å². The lowest BCUT2D eigenvalue weighted by atomic mass is 10.0. The fraction of sp³-hybridized carbons (Fsp3) is 0.941. The van der Waals surface area contributed by atoms with Crippen LogP contribution in [0.15, 0.2) is 4.99 Å². The molecule has 2 saturated heterocycles. The quantitative estimate of drug-likeness (QED) is 0.354. The molecule has 0 aromatic carbocycles. The van der Waals surface area contributed by atoms with Crippen LogP contribution in [0, 0.1) is 0 Å². The molecule has 2 rings (SSSR count). The molecule has 2 fully saturated rings. The molecular formula is C17H35IN4O3S. The molecule has 2 aliphatic rings. The van der Waals surface area contributed by atoms with Gasteiger partial charge in [0.15, 0.2) is 15.8 Å². The minimum Gasteiger partial charge on any atom is -0.379 e. The van der Waals surface area contributed by atoms with Crippen LogP contribution in [0.4, 0.5) is 0 Å². The molecule has 0 atom stereocenters. The van der Waals surface area contributed by atoms with Crippen LogP contribution in [-0.2, 0) is 14.6 Å². The summed E-state index contributed by atoms with van der Waals surface area (Å²) in [6, 6.07) is 0. The second-order valence-corrected chi connectivity index (χ2v) is 10.8. The summed E-state index contributed by atoms with van der Waals surface area (Å²) in [6.45, 7) is 15.8. The largest absolute Gasteiger partial charge is 0.379 e. The van der Waals surface area contributed by atoms with Crippen LogP contribution >= 0.6 is 24.0 Å². The van der Waals surface area contributed by atoms with Crippen LogP contribution in [0.1, 0.15) is 34.6 Å². The molecule has 0 saturated carbocycles. The first kappa shape index (κ1) is 23.9. The minimum atomic E-state index is -3.05. The maximum absolute atomic E-state index is 12.2. The standard InChI is InChI=1S/C17H34N4O3S.HI/c1-6-18-15(20-9-12-25(22,23)17(4,5)14-20)19-13-16(2,3)21-7-10-24-11-8-21;/h6-14H2,1-5H3,(H,18,19);1H. The number of guanidine groups is 1. The molecule has 2 aliphatic heterocycles. The van der Waals surface area contributed by atoms with Crippen molar-refractivity contribution in [2.24, 2.45) is 4.99 Å². The first-order chi connectivity index (χ1) is 11.6. The zero-order valence-corrected chi connectivity index (χ0v) is 19.9. The molecule has 0 bridgehead atoms. The summed E-state index contributed by atoms with van der Waals surface area (Å²) in [4.78, 5) is 9.35. The van der Waals surface area contributed by atoms with Crippen LogP contribution in [0.2, 0.25) is 0 Å². The maximum atomic E-state index is 12.2. The van der Waals surface area contributed by atoms with Gasteiger partial charge >= 0.3 is 0 Å². The highest BCUT2D eigenvalue weighted by Crippen LogP contribution is 2.24. The molecule has 0 radical (unpaired) electrons. The number of nitrogens with one attached hydrogen (secondary N) is 1. The first-order valence-corrected chi connectivity index (χ1v) is 10.8. The summed E-state index contributed by atoms with van der Waals surface area (Å²) in [7, 11) is -3.05. The molecule has 154 valence electrons. The number of rotatable bonds is 4. The van der Waals surface area contributed by atoms with Crippen LogP contribution in [0.25, 0.3) is 0 Å². The Hall–Kier alpha value is -0.130. The van der Waals surface area contributed by atoms with Gasteiger partial charge in [0.1, 0.15) is 0 Å². The SMILES string of the molecule is CCNC(=NCC(C)(C)N1CCOCC1)N1CCS(=O)(=O)C(C)(C)C1.I. The number of ether oxygens (including phenoxy) is 1. The summed E-state index contributed by atoms with van der Waals surface area (Å²) in [5.74, 6) is 0.990.